The van der Waals surface area contributed by atoms with Crippen LogP contribution in [0.3, 0.4) is 0 Å². The first-order valence-electron chi connectivity index (χ1n) is 6.57. The second-order valence-electron chi connectivity index (χ2n) is 5.46. The third-order valence-electron chi connectivity index (χ3n) is 3.93. The number of hydrogen-bond acceptors (Lipinski definition) is 3. The fourth-order valence-electron chi connectivity index (χ4n) is 2.70. The summed E-state index contributed by atoms with van der Waals surface area (Å²) in [7, 11) is 1.08. The zero-order valence-electron chi connectivity index (χ0n) is 12.6. The molecule has 1 fully saturated rings. The van der Waals surface area contributed by atoms with Gasteiger partial charge in [0.1, 0.15) is 4.75 Å². The molecule has 10 heteroatoms. The van der Waals surface area contributed by atoms with Gasteiger partial charge in [0.05, 0.1) is 12.4 Å². The van der Waals surface area contributed by atoms with Gasteiger partial charge in [-0.3, -0.25) is 4.79 Å². The van der Waals surface area contributed by atoms with E-state index in [4.69, 9.17) is 10.5 Å². The smallest absolute Gasteiger partial charge is 0.403 e. The number of nitrogens with two attached hydrogens (primary N) is 1. The summed E-state index contributed by atoms with van der Waals surface area (Å²) in [6.45, 7) is 0.958. The molecule has 24 heavy (non-hydrogen) atoms. The maximum absolute atomic E-state index is 13.8. The zero-order chi connectivity index (χ0) is 17.6. The number of carbonyl (C=O) groups is 1. The number of methoxy groups -OCH3 is 1. The Morgan fingerprint density at radius 1 is 1.38 bits per heavy atom. The number of primary amides is 1. The van der Waals surface area contributed by atoms with Crippen molar-refractivity contribution in [2.24, 2.45) is 5.73 Å². The number of rotatable bonds is 3. The normalized spacial score (nSPS) is 26.8. The summed E-state index contributed by atoms with van der Waals surface area (Å²) in [4.78, 5) is 11.6. The fraction of sp³-hybridized carbons (Fsp3) is 0.500. The van der Waals surface area contributed by atoms with Crippen molar-refractivity contribution in [3.8, 4) is 5.75 Å². The number of halogens is 6. The average Bonchev–Trinajstić information content (AvgIpc) is 2.81. The second-order valence-corrected chi connectivity index (χ2v) is 7.11. The van der Waals surface area contributed by atoms with E-state index in [0.29, 0.717) is 11.8 Å². The van der Waals surface area contributed by atoms with Gasteiger partial charge >= 0.3 is 6.18 Å². The third-order valence-corrected chi connectivity index (χ3v) is 5.66. The summed E-state index contributed by atoms with van der Waals surface area (Å²) >= 11 is 0.389. The lowest BCUT2D eigenvalue weighted by Crippen LogP contribution is -2.37. The third kappa shape index (κ3) is 3.42. The molecule has 0 radical (unpaired) electrons. The first-order chi connectivity index (χ1) is 10.5. The van der Waals surface area contributed by atoms with Gasteiger partial charge in [0, 0.05) is 11.5 Å². The number of ether oxygens (including phenoxy) is 1. The Kier molecular flexibility index (Phi) is 6.03. The minimum absolute atomic E-state index is 0. The molecule has 1 aromatic rings. The van der Waals surface area contributed by atoms with Crippen molar-refractivity contribution in [2.45, 2.75) is 35.4 Å². The van der Waals surface area contributed by atoms with Crippen molar-refractivity contribution in [1.29, 1.82) is 0 Å². The molecule has 1 aromatic carbocycles. The van der Waals surface area contributed by atoms with Crippen LogP contribution in [-0.2, 0) is 4.79 Å². The molecule has 1 saturated heterocycles. The topological polar surface area (TPSA) is 52.3 Å². The van der Waals surface area contributed by atoms with E-state index in [9.17, 15) is 26.7 Å². The standard InChI is InChI=1S/C14H14F5NO2S.ClH/c1-13(14(17,18)19)5-7(11(23-13)12(20)21)6-3-4-8(15)9(16)10(6)22-2;/h3-4,7,11H,5H2,1-2H3,(H2,20,21);1H. The molecule has 1 amide bonds. The van der Waals surface area contributed by atoms with Crippen molar-refractivity contribution >= 4 is 30.1 Å². The van der Waals surface area contributed by atoms with Crippen LogP contribution in [0.4, 0.5) is 22.0 Å². The van der Waals surface area contributed by atoms with E-state index in [1.54, 1.807) is 0 Å². The van der Waals surface area contributed by atoms with E-state index in [0.717, 1.165) is 26.2 Å². The molecule has 0 aliphatic carbocycles. The van der Waals surface area contributed by atoms with Gasteiger partial charge in [-0.2, -0.15) is 17.6 Å². The minimum atomic E-state index is -4.58. The highest BCUT2D eigenvalue weighted by Gasteiger charge is 2.60. The summed E-state index contributed by atoms with van der Waals surface area (Å²) < 4.78 is 69.5. The van der Waals surface area contributed by atoms with Gasteiger partial charge in [-0.1, -0.05) is 6.07 Å². The molecular weight excluding hydrogens is 377 g/mol. The molecule has 0 bridgehead atoms. The van der Waals surface area contributed by atoms with E-state index < -0.39 is 51.8 Å². The molecule has 0 spiro atoms. The first-order valence-corrected chi connectivity index (χ1v) is 7.45. The van der Waals surface area contributed by atoms with E-state index in [1.165, 1.54) is 0 Å². The van der Waals surface area contributed by atoms with Gasteiger partial charge in [-0.25, -0.2) is 4.39 Å². The fourth-order valence-corrected chi connectivity index (χ4v) is 4.19. The molecule has 3 atom stereocenters. The lowest BCUT2D eigenvalue weighted by molar-refractivity contribution is -0.155. The van der Waals surface area contributed by atoms with E-state index in [1.807, 2.05) is 0 Å². The molecule has 3 nitrogen and oxygen atoms in total. The number of thioether (sulfide) groups is 1. The second kappa shape index (κ2) is 6.95. The van der Waals surface area contributed by atoms with Crippen molar-refractivity contribution in [2.75, 3.05) is 7.11 Å². The Morgan fingerprint density at radius 2 is 1.96 bits per heavy atom. The van der Waals surface area contributed by atoms with Crippen LogP contribution in [0.5, 0.6) is 5.75 Å². The van der Waals surface area contributed by atoms with Crippen LogP contribution in [0.2, 0.25) is 0 Å². The quantitative estimate of drug-likeness (QED) is 0.798. The lowest BCUT2D eigenvalue weighted by Gasteiger charge is -2.26. The van der Waals surface area contributed by atoms with Crippen LogP contribution in [0.25, 0.3) is 0 Å². The van der Waals surface area contributed by atoms with Crippen LogP contribution in [0.1, 0.15) is 24.8 Å². The molecule has 3 unspecified atom stereocenters. The average molecular weight is 392 g/mol. The maximum atomic E-state index is 13.8. The molecule has 136 valence electrons. The van der Waals surface area contributed by atoms with Crippen LogP contribution in [0.15, 0.2) is 12.1 Å². The summed E-state index contributed by atoms with van der Waals surface area (Å²) in [5, 5.41) is -1.22. The monoisotopic (exact) mass is 391 g/mol. The Balaban J connectivity index is 0.00000288. The highest BCUT2D eigenvalue weighted by molar-refractivity contribution is 8.02. The van der Waals surface area contributed by atoms with Crippen molar-refractivity contribution in [3.63, 3.8) is 0 Å². The molecule has 2 N–H and O–H groups in total. The number of carbonyl (C=O) groups excluding carboxylic acids is 1. The Morgan fingerprint density at radius 3 is 2.42 bits per heavy atom. The van der Waals surface area contributed by atoms with Gasteiger partial charge in [-0.05, 0) is 19.4 Å². The van der Waals surface area contributed by atoms with Gasteiger partial charge in [0.15, 0.2) is 11.6 Å². The van der Waals surface area contributed by atoms with Gasteiger partial charge in [0.2, 0.25) is 11.7 Å². The largest absolute Gasteiger partial charge is 0.493 e. The molecule has 1 aliphatic heterocycles. The SMILES string of the molecule is COc1c(C2CC(C)(C(F)(F)F)SC2C(N)=O)ccc(F)c1F.Cl. The molecule has 1 heterocycles. The van der Waals surface area contributed by atoms with Crippen molar-refractivity contribution < 1.29 is 31.5 Å². The Labute approximate surface area is 145 Å². The molecule has 1 aliphatic rings. The van der Waals surface area contributed by atoms with Crippen molar-refractivity contribution in [3.05, 3.63) is 29.3 Å². The number of hydrogen-bond donors (Lipinski definition) is 1. The summed E-state index contributed by atoms with van der Waals surface area (Å²) in [6, 6.07) is 1.92. The van der Waals surface area contributed by atoms with Gasteiger partial charge < -0.3 is 10.5 Å². The summed E-state index contributed by atoms with van der Waals surface area (Å²) in [6.07, 6.45) is -5.07. The molecular formula is C14H15ClF5NO2S. The zero-order valence-corrected chi connectivity index (χ0v) is 14.2. The van der Waals surface area contributed by atoms with Crippen LogP contribution < -0.4 is 10.5 Å². The van der Waals surface area contributed by atoms with E-state index in [-0.39, 0.29) is 18.0 Å². The highest BCUT2D eigenvalue weighted by atomic mass is 35.5. The molecule has 2 rings (SSSR count). The van der Waals surface area contributed by atoms with Crippen molar-refractivity contribution in [1.82, 2.24) is 0 Å². The first kappa shape index (κ1) is 20.8. The summed E-state index contributed by atoms with van der Waals surface area (Å²) in [5.41, 5.74) is 5.21. The Hall–Kier alpha value is -1.22. The molecule has 0 saturated carbocycles. The molecule has 0 aromatic heterocycles. The van der Waals surface area contributed by atoms with Crippen LogP contribution >= 0.6 is 24.2 Å². The lowest BCUT2D eigenvalue weighted by atomic mass is 9.86. The van der Waals surface area contributed by atoms with Crippen LogP contribution in [-0.4, -0.2) is 29.2 Å². The van der Waals surface area contributed by atoms with E-state index >= 15 is 0 Å². The van der Waals surface area contributed by atoms with Gasteiger partial charge in [-0.15, -0.1) is 24.2 Å². The minimum Gasteiger partial charge on any atom is -0.493 e. The maximum Gasteiger partial charge on any atom is 0.403 e. The number of benzene rings is 1. The predicted molar refractivity (Wildman–Crippen MR) is 82.5 cm³/mol. The number of amides is 1. The predicted octanol–water partition coefficient (Wildman–Crippen LogP) is 3.79. The Bertz CT molecular complexity index is 642. The number of alkyl halides is 3. The summed E-state index contributed by atoms with van der Waals surface area (Å²) in [5.74, 6) is -4.98. The van der Waals surface area contributed by atoms with Gasteiger partial charge in [0.25, 0.3) is 0 Å². The van der Waals surface area contributed by atoms with Crippen LogP contribution in [0, 0.1) is 11.6 Å². The van der Waals surface area contributed by atoms with E-state index in [2.05, 4.69) is 0 Å². The highest BCUT2D eigenvalue weighted by Crippen LogP contribution is 2.58.